The van der Waals surface area contributed by atoms with Crippen molar-refractivity contribution in [2.24, 2.45) is 5.73 Å². The summed E-state index contributed by atoms with van der Waals surface area (Å²) in [7, 11) is 1.00. The number of nitrogens with zero attached hydrogens (tertiary/aromatic N) is 1. The maximum Gasteiger partial charge on any atom is 0.123 e. The van der Waals surface area contributed by atoms with Gasteiger partial charge in [0.25, 0.3) is 0 Å². The van der Waals surface area contributed by atoms with Gasteiger partial charge >= 0.3 is 0 Å². The molecule has 0 aliphatic heterocycles. The second-order valence-electron chi connectivity index (χ2n) is 3.43. The summed E-state index contributed by atoms with van der Waals surface area (Å²) in [4.78, 5) is 7.57. The Balaban J connectivity index is 0.000000531. The van der Waals surface area contributed by atoms with E-state index in [1.807, 2.05) is 19.1 Å². The summed E-state index contributed by atoms with van der Waals surface area (Å²) < 4.78 is 0. The molecule has 0 radical (unpaired) electrons. The molecule has 1 heterocycles. The van der Waals surface area contributed by atoms with E-state index < -0.39 is 0 Å². The lowest BCUT2D eigenvalue weighted by Crippen LogP contribution is -2.06. The predicted molar refractivity (Wildman–Crippen MR) is 61.6 cm³/mol. The molecule has 0 aliphatic rings. The molecule has 0 bridgehead atoms. The molecule has 0 saturated heterocycles. The second kappa shape index (κ2) is 4.91. The number of aromatic nitrogens is 2. The molecule has 0 spiro atoms. The van der Waals surface area contributed by atoms with E-state index in [4.69, 9.17) is 10.8 Å². The fourth-order valence-electron chi connectivity index (χ4n) is 1.36. The lowest BCUT2D eigenvalue weighted by atomic mass is 10.2. The highest BCUT2D eigenvalue weighted by molar-refractivity contribution is 5.75. The molecule has 4 heteroatoms. The molecule has 1 aromatic heterocycles. The van der Waals surface area contributed by atoms with Crippen molar-refractivity contribution >= 4 is 11.0 Å². The molecule has 4 N–H and O–H groups in total. The van der Waals surface area contributed by atoms with Gasteiger partial charge in [0.2, 0.25) is 0 Å². The van der Waals surface area contributed by atoms with E-state index in [-0.39, 0.29) is 6.04 Å². The van der Waals surface area contributed by atoms with E-state index in [1.54, 1.807) is 0 Å². The van der Waals surface area contributed by atoms with Crippen LogP contribution in [0.4, 0.5) is 0 Å². The zero-order chi connectivity index (χ0) is 11.4. The number of fused-ring (bicyclic) bond motifs is 1. The second-order valence-corrected chi connectivity index (χ2v) is 3.43. The number of aliphatic hydroxyl groups is 1. The number of H-pyrrole nitrogens is 1. The standard InChI is InChI=1S/C10H13N3.CH4O/c1-6-3-4-8-9(5-6)13-10(12-8)7(2)11;1-2/h3-5,7H,11H2,1-2H3,(H,12,13);2H,1H3/t7-;/m0./s1. The fraction of sp³-hybridized carbons (Fsp3) is 0.364. The topological polar surface area (TPSA) is 74.9 Å². The number of rotatable bonds is 1. The molecule has 0 aliphatic carbocycles. The summed E-state index contributed by atoms with van der Waals surface area (Å²) in [6, 6.07) is 6.10. The lowest BCUT2D eigenvalue weighted by Gasteiger charge is -1.96. The first-order valence-corrected chi connectivity index (χ1v) is 4.83. The molecular weight excluding hydrogens is 190 g/mol. The van der Waals surface area contributed by atoms with Crippen LogP contribution >= 0.6 is 0 Å². The summed E-state index contributed by atoms with van der Waals surface area (Å²) in [5.41, 5.74) is 9.00. The Hall–Kier alpha value is -1.39. The van der Waals surface area contributed by atoms with Crippen LogP contribution < -0.4 is 5.73 Å². The quantitative estimate of drug-likeness (QED) is 0.663. The van der Waals surface area contributed by atoms with Gasteiger partial charge in [-0.1, -0.05) is 6.07 Å². The average Bonchev–Trinajstić information content (AvgIpc) is 2.63. The summed E-state index contributed by atoms with van der Waals surface area (Å²) in [6.07, 6.45) is 0. The van der Waals surface area contributed by atoms with E-state index >= 15 is 0 Å². The minimum Gasteiger partial charge on any atom is -0.400 e. The van der Waals surface area contributed by atoms with Crippen LogP contribution in [0.2, 0.25) is 0 Å². The normalized spacial score (nSPS) is 12.1. The maximum absolute atomic E-state index is 7.00. The number of imidazole rings is 1. The summed E-state index contributed by atoms with van der Waals surface area (Å²) >= 11 is 0. The first-order chi connectivity index (χ1) is 7.16. The molecular formula is C11H17N3O. The van der Waals surface area contributed by atoms with Crippen LogP contribution in [0.15, 0.2) is 18.2 Å². The van der Waals surface area contributed by atoms with Crippen molar-refractivity contribution in [3.8, 4) is 0 Å². The van der Waals surface area contributed by atoms with E-state index in [0.717, 1.165) is 24.0 Å². The van der Waals surface area contributed by atoms with Crippen LogP contribution in [0.3, 0.4) is 0 Å². The molecule has 4 nitrogen and oxygen atoms in total. The molecule has 1 aromatic carbocycles. The Bertz CT molecular complexity index is 434. The number of nitrogens with two attached hydrogens (primary N) is 1. The van der Waals surface area contributed by atoms with E-state index in [2.05, 4.69) is 23.0 Å². The van der Waals surface area contributed by atoms with Crippen molar-refractivity contribution in [1.29, 1.82) is 0 Å². The van der Waals surface area contributed by atoms with Gasteiger partial charge in [0.1, 0.15) is 5.82 Å². The Morgan fingerprint density at radius 3 is 2.67 bits per heavy atom. The largest absolute Gasteiger partial charge is 0.400 e. The van der Waals surface area contributed by atoms with Gasteiger partial charge < -0.3 is 15.8 Å². The summed E-state index contributed by atoms with van der Waals surface area (Å²) in [5, 5.41) is 7.00. The SMILES string of the molecule is CO.Cc1ccc2nc([C@H](C)N)[nH]c2c1. The van der Waals surface area contributed by atoms with E-state index in [0.29, 0.717) is 0 Å². The van der Waals surface area contributed by atoms with Crippen LogP contribution in [-0.2, 0) is 0 Å². The summed E-state index contributed by atoms with van der Waals surface area (Å²) in [5.74, 6) is 0.848. The molecule has 82 valence electrons. The number of aliphatic hydroxyl groups excluding tert-OH is 1. The van der Waals surface area contributed by atoms with Crippen LogP contribution in [0.5, 0.6) is 0 Å². The van der Waals surface area contributed by atoms with Crippen molar-refractivity contribution in [2.45, 2.75) is 19.9 Å². The Morgan fingerprint density at radius 1 is 1.40 bits per heavy atom. The minimum atomic E-state index is -0.0345. The Labute approximate surface area is 89.1 Å². The van der Waals surface area contributed by atoms with Gasteiger partial charge in [-0.25, -0.2) is 4.98 Å². The zero-order valence-electron chi connectivity index (χ0n) is 9.28. The molecule has 2 rings (SSSR count). The number of nitrogens with one attached hydrogen (secondary N) is 1. The van der Waals surface area contributed by atoms with Crippen molar-refractivity contribution in [3.63, 3.8) is 0 Å². The molecule has 2 aromatic rings. The maximum atomic E-state index is 7.00. The van der Waals surface area contributed by atoms with Crippen LogP contribution in [0.25, 0.3) is 11.0 Å². The number of hydrogen-bond donors (Lipinski definition) is 3. The fourth-order valence-corrected chi connectivity index (χ4v) is 1.36. The number of aryl methyl sites for hydroxylation is 1. The lowest BCUT2D eigenvalue weighted by molar-refractivity contribution is 0.399. The highest BCUT2D eigenvalue weighted by Gasteiger charge is 2.05. The monoisotopic (exact) mass is 207 g/mol. The van der Waals surface area contributed by atoms with Crippen molar-refractivity contribution in [3.05, 3.63) is 29.6 Å². The van der Waals surface area contributed by atoms with Gasteiger partial charge in [-0.3, -0.25) is 0 Å². The Kier molecular flexibility index (Phi) is 3.82. The first-order valence-electron chi connectivity index (χ1n) is 4.83. The van der Waals surface area contributed by atoms with Crippen molar-refractivity contribution in [1.82, 2.24) is 9.97 Å². The molecule has 1 atom stereocenters. The highest BCUT2D eigenvalue weighted by atomic mass is 16.2. The van der Waals surface area contributed by atoms with Crippen LogP contribution in [-0.4, -0.2) is 22.2 Å². The van der Waals surface area contributed by atoms with Crippen LogP contribution in [0, 0.1) is 6.92 Å². The number of benzene rings is 1. The number of hydrogen-bond acceptors (Lipinski definition) is 3. The first kappa shape index (κ1) is 11.7. The summed E-state index contributed by atoms with van der Waals surface area (Å²) in [6.45, 7) is 3.98. The molecule has 0 fully saturated rings. The van der Waals surface area contributed by atoms with Crippen molar-refractivity contribution < 1.29 is 5.11 Å². The average molecular weight is 207 g/mol. The molecule has 0 unspecified atom stereocenters. The van der Waals surface area contributed by atoms with E-state index in [9.17, 15) is 0 Å². The van der Waals surface area contributed by atoms with Gasteiger partial charge in [-0.2, -0.15) is 0 Å². The zero-order valence-corrected chi connectivity index (χ0v) is 9.28. The highest BCUT2D eigenvalue weighted by Crippen LogP contribution is 2.15. The van der Waals surface area contributed by atoms with Gasteiger partial charge in [0, 0.05) is 7.11 Å². The van der Waals surface area contributed by atoms with E-state index in [1.165, 1.54) is 5.56 Å². The third-order valence-corrected chi connectivity index (χ3v) is 2.09. The van der Waals surface area contributed by atoms with Gasteiger partial charge in [0.05, 0.1) is 17.1 Å². The third-order valence-electron chi connectivity index (χ3n) is 2.09. The smallest absolute Gasteiger partial charge is 0.123 e. The Morgan fingerprint density at radius 2 is 2.07 bits per heavy atom. The van der Waals surface area contributed by atoms with Gasteiger partial charge in [-0.15, -0.1) is 0 Å². The predicted octanol–water partition coefficient (Wildman–Crippen LogP) is 1.50. The molecule has 0 saturated carbocycles. The minimum absolute atomic E-state index is 0.0345. The van der Waals surface area contributed by atoms with Gasteiger partial charge in [-0.05, 0) is 31.5 Å². The third kappa shape index (κ3) is 2.55. The number of aromatic amines is 1. The molecule has 0 amide bonds. The van der Waals surface area contributed by atoms with Crippen molar-refractivity contribution in [2.75, 3.05) is 7.11 Å². The van der Waals surface area contributed by atoms with Gasteiger partial charge in [0.15, 0.2) is 0 Å². The van der Waals surface area contributed by atoms with Crippen LogP contribution in [0.1, 0.15) is 24.4 Å². The molecule has 15 heavy (non-hydrogen) atoms.